The highest BCUT2D eigenvalue weighted by Crippen LogP contribution is 2.33. The van der Waals surface area contributed by atoms with Crippen molar-refractivity contribution in [1.29, 1.82) is 0 Å². The van der Waals surface area contributed by atoms with Gasteiger partial charge in [-0.1, -0.05) is 18.2 Å². The molecule has 1 aromatic heterocycles. The number of thiazole rings is 1. The van der Waals surface area contributed by atoms with E-state index in [0.717, 1.165) is 16.0 Å². The molecule has 1 saturated heterocycles. The van der Waals surface area contributed by atoms with Crippen molar-refractivity contribution in [1.82, 2.24) is 15.2 Å². The number of rotatable bonds is 5. The second-order valence-electron chi connectivity index (χ2n) is 6.79. The standard InChI is InChI=1S/C19H23F2N3OS/c1-13-4-3-5-14(2)17(13)18(25)23-10-15(16-11-22-12-26-16)24-8-6-19(20,21)7-9-24/h3-5,11-12,15H,6-10H2,1-2H3,(H,23,25). The van der Waals surface area contributed by atoms with E-state index >= 15 is 0 Å². The van der Waals surface area contributed by atoms with Crippen molar-refractivity contribution in [2.24, 2.45) is 0 Å². The van der Waals surface area contributed by atoms with E-state index in [-0.39, 0.29) is 24.8 Å². The maximum absolute atomic E-state index is 13.5. The van der Waals surface area contributed by atoms with Gasteiger partial charge in [0.2, 0.25) is 0 Å². The van der Waals surface area contributed by atoms with Crippen LogP contribution in [-0.2, 0) is 0 Å². The minimum absolute atomic E-state index is 0.127. The first-order valence-corrected chi connectivity index (χ1v) is 9.60. The van der Waals surface area contributed by atoms with Crippen LogP contribution < -0.4 is 5.32 Å². The normalized spacial score (nSPS) is 18.5. The van der Waals surface area contributed by atoms with Crippen LogP contribution >= 0.6 is 11.3 Å². The van der Waals surface area contributed by atoms with Crippen molar-refractivity contribution in [2.45, 2.75) is 38.7 Å². The Bertz CT molecular complexity index is 734. The Morgan fingerprint density at radius 1 is 1.31 bits per heavy atom. The number of nitrogens with zero attached hydrogens (tertiary/aromatic N) is 2. The molecule has 7 heteroatoms. The lowest BCUT2D eigenvalue weighted by molar-refractivity contribution is -0.0629. The molecule has 2 heterocycles. The summed E-state index contributed by atoms with van der Waals surface area (Å²) in [7, 11) is 0. The molecule has 1 atom stereocenters. The number of hydrogen-bond acceptors (Lipinski definition) is 4. The van der Waals surface area contributed by atoms with Crippen LogP contribution in [0, 0.1) is 13.8 Å². The number of benzene rings is 1. The first-order chi connectivity index (χ1) is 12.4. The van der Waals surface area contributed by atoms with Gasteiger partial charge < -0.3 is 5.32 Å². The predicted octanol–water partition coefficient (Wildman–Crippen LogP) is 3.96. The summed E-state index contributed by atoms with van der Waals surface area (Å²) in [6.07, 6.45) is 1.47. The molecule has 0 saturated carbocycles. The van der Waals surface area contributed by atoms with Gasteiger partial charge in [-0.3, -0.25) is 14.7 Å². The van der Waals surface area contributed by atoms with Crippen molar-refractivity contribution in [3.8, 4) is 0 Å². The number of carbonyl (C=O) groups is 1. The van der Waals surface area contributed by atoms with Crippen LogP contribution in [0.1, 0.15) is 45.2 Å². The van der Waals surface area contributed by atoms with Gasteiger partial charge in [0.25, 0.3) is 11.8 Å². The number of piperidine rings is 1. The van der Waals surface area contributed by atoms with E-state index in [1.807, 2.05) is 36.9 Å². The van der Waals surface area contributed by atoms with Gasteiger partial charge in [0.15, 0.2) is 0 Å². The number of hydrogen-bond donors (Lipinski definition) is 1. The maximum Gasteiger partial charge on any atom is 0.251 e. The third-order valence-electron chi connectivity index (χ3n) is 4.91. The van der Waals surface area contributed by atoms with Crippen molar-refractivity contribution in [2.75, 3.05) is 19.6 Å². The van der Waals surface area contributed by atoms with Gasteiger partial charge in [0.05, 0.1) is 11.6 Å². The van der Waals surface area contributed by atoms with E-state index < -0.39 is 5.92 Å². The van der Waals surface area contributed by atoms with Crippen LogP contribution in [0.25, 0.3) is 0 Å². The van der Waals surface area contributed by atoms with E-state index in [1.54, 1.807) is 11.7 Å². The number of halogens is 2. The third-order valence-corrected chi connectivity index (χ3v) is 5.79. The number of carbonyl (C=O) groups excluding carboxylic acids is 1. The Morgan fingerprint density at radius 2 is 1.96 bits per heavy atom. The van der Waals surface area contributed by atoms with Crippen molar-refractivity contribution in [3.05, 3.63) is 51.5 Å². The summed E-state index contributed by atoms with van der Waals surface area (Å²) < 4.78 is 27.0. The van der Waals surface area contributed by atoms with Gasteiger partial charge in [-0.05, 0) is 25.0 Å². The van der Waals surface area contributed by atoms with E-state index in [9.17, 15) is 13.6 Å². The van der Waals surface area contributed by atoms with Crippen LogP contribution in [0.2, 0.25) is 0 Å². The molecule has 1 aliphatic rings. The SMILES string of the molecule is Cc1cccc(C)c1C(=O)NCC(c1cncs1)N1CCC(F)(F)CC1. The molecule has 1 N–H and O–H groups in total. The summed E-state index contributed by atoms with van der Waals surface area (Å²) in [6, 6.07) is 5.62. The lowest BCUT2D eigenvalue weighted by Gasteiger charge is -2.37. The molecule has 26 heavy (non-hydrogen) atoms. The quantitative estimate of drug-likeness (QED) is 0.855. The zero-order valence-corrected chi connectivity index (χ0v) is 15.8. The monoisotopic (exact) mass is 379 g/mol. The average Bonchev–Trinajstić information content (AvgIpc) is 3.10. The largest absolute Gasteiger partial charge is 0.350 e. The molecular weight excluding hydrogens is 356 g/mol. The van der Waals surface area contributed by atoms with Crippen molar-refractivity contribution in [3.63, 3.8) is 0 Å². The third kappa shape index (κ3) is 4.27. The minimum atomic E-state index is -2.59. The second-order valence-corrected chi connectivity index (χ2v) is 7.71. The number of aryl methyl sites for hydroxylation is 2. The van der Waals surface area contributed by atoms with Crippen LogP contribution in [0.3, 0.4) is 0 Å². The highest BCUT2D eigenvalue weighted by molar-refractivity contribution is 7.09. The van der Waals surface area contributed by atoms with E-state index in [0.29, 0.717) is 25.2 Å². The van der Waals surface area contributed by atoms with Gasteiger partial charge >= 0.3 is 0 Å². The Morgan fingerprint density at radius 3 is 2.54 bits per heavy atom. The van der Waals surface area contributed by atoms with E-state index in [4.69, 9.17) is 0 Å². The number of likely N-dealkylation sites (tertiary alicyclic amines) is 1. The fourth-order valence-corrected chi connectivity index (χ4v) is 4.17. The Hall–Kier alpha value is -1.86. The van der Waals surface area contributed by atoms with Crippen LogP contribution in [0.15, 0.2) is 29.9 Å². The zero-order chi connectivity index (χ0) is 18.7. The van der Waals surface area contributed by atoms with E-state index in [1.165, 1.54) is 11.3 Å². The zero-order valence-electron chi connectivity index (χ0n) is 15.0. The molecule has 2 aromatic rings. The first kappa shape index (κ1) is 18.9. The lowest BCUT2D eigenvalue weighted by atomic mass is 10.0. The molecule has 1 fully saturated rings. The number of amides is 1. The van der Waals surface area contributed by atoms with Gasteiger partial charge in [0.1, 0.15) is 0 Å². The molecule has 140 valence electrons. The predicted molar refractivity (Wildman–Crippen MR) is 98.9 cm³/mol. The smallest absolute Gasteiger partial charge is 0.251 e. The molecule has 3 rings (SSSR count). The fraction of sp³-hybridized carbons (Fsp3) is 0.474. The molecule has 0 radical (unpaired) electrons. The summed E-state index contributed by atoms with van der Waals surface area (Å²) in [5.41, 5.74) is 4.26. The summed E-state index contributed by atoms with van der Waals surface area (Å²) in [6.45, 7) is 4.83. The molecule has 1 unspecified atom stereocenters. The summed E-state index contributed by atoms with van der Waals surface area (Å²) in [5.74, 6) is -2.71. The highest BCUT2D eigenvalue weighted by Gasteiger charge is 2.37. The number of aromatic nitrogens is 1. The molecule has 0 aliphatic carbocycles. The second kappa shape index (κ2) is 7.80. The number of alkyl halides is 2. The first-order valence-electron chi connectivity index (χ1n) is 8.72. The number of nitrogens with one attached hydrogen (secondary N) is 1. The Labute approximate surface area is 156 Å². The van der Waals surface area contributed by atoms with Gasteiger partial charge in [0, 0.05) is 49.1 Å². The molecule has 0 bridgehead atoms. The minimum Gasteiger partial charge on any atom is -0.350 e. The topological polar surface area (TPSA) is 45.2 Å². The van der Waals surface area contributed by atoms with E-state index in [2.05, 4.69) is 10.3 Å². The summed E-state index contributed by atoms with van der Waals surface area (Å²) >= 11 is 1.49. The molecule has 1 amide bonds. The molecule has 0 spiro atoms. The van der Waals surface area contributed by atoms with Gasteiger partial charge in [-0.2, -0.15) is 0 Å². The molecule has 1 aromatic carbocycles. The molecule has 4 nitrogen and oxygen atoms in total. The molecule has 1 aliphatic heterocycles. The Balaban J connectivity index is 1.72. The summed E-state index contributed by atoms with van der Waals surface area (Å²) in [4.78, 5) is 19.8. The van der Waals surface area contributed by atoms with Gasteiger partial charge in [-0.25, -0.2) is 8.78 Å². The summed E-state index contributed by atoms with van der Waals surface area (Å²) in [5, 5.41) is 3.00. The fourth-order valence-electron chi connectivity index (χ4n) is 3.41. The highest BCUT2D eigenvalue weighted by atomic mass is 32.1. The van der Waals surface area contributed by atoms with Crippen LogP contribution in [0.5, 0.6) is 0 Å². The lowest BCUT2D eigenvalue weighted by Crippen LogP contribution is -2.45. The molecular formula is C19H23F2N3OS. The average molecular weight is 379 g/mol. The van der Waals surface area contributed by atoms with Crippen LogP contribution in [-0.4, -0.2) is 41.3 Å². The van der Waals surface area contributed by atoms with Gasteiger partial charge in [-0.15, -0.1) is 11.3 Å². The van der Waals surface area contributed by atoms with Crippen LogP contribution in [0.4, 0.5) is 8.78 Å². The maximum atomic E-state index is 13.5. The van der Waals surface area contributed by atoms with Crippen molar-refractivity contribution < 1.29 is 13.6 Å². The Kier molecular flexibility index (Phi) is 5.67. The van der Waals surface area contributed by atoms with Crippen molar-refractivity contribution >= 4 is 17.2 Å².